The molecule has 0 radical (unpaired) electrons. The average molecular weight is 398 g/mol. The van der Waals surface area contributed by atoms with E-state index in [1.165, 1.54) is 0 Å². The second kappa shape index (κ2) is 9.51. The Morgan fingerprint density at radius 2 is 1.89 bits per heavy atom. The number of aromatic nitrogens is 2. The third kappa shape index (κ3) is 4.78. The first-order valence-corrected chi connectivity index (χ1v) is 9.96. The molecule has 6 heteroatoms. The van der Waals surface area contributed by atoms with E-state index in [2.05, 4.69) is 17.2 Å². The lowest BCUT2D eigenvalue weighted by Gasteiger charge is -2.13. The number of halogens is 1. The van der Waals surface area contributed by atoms with Crippen molar-refractivity contribution in [3.05, 3.63) is 75.2 Å². The lowest BCUT2D eigenvalue weighted by Crippen LogP contribution is -2.29. The summed E-state index contributed by atoms with van der Waals surface area (Å²) in [5.41, 5.74) is 2.57. The monoisotopic (exact) mass is 397 g/mol. The van der Waals surface area contributed by atoms with E-state index in [-0.39, 0.29) is 17.9 Å². The number of hydrogen-bond acceptors (Lipinski definition) is 3. The number of unbranched alkanes of at least 4 members (excludes halogenated alkanes) is 1. The Morgan fingerprint density at radius 3 is 2.68 bits per heavy atom. The van der Waals surface area contributed by atoms with Crippen LogP contribution in [0.25, 0.3) is 11.0 Å². The molecule has 0 saturated heterocycles. The standard InChI is InChI=1S/C22H24ClN3O2/c1-2-3-14-24-21(27)13-12-19-22(28)26(15-16-8-4-5-9-17(16)23)20-11-7-6-10-18(20)25-19/h4-11H,2-3,12-15H2,1H3,(H,24,27). The number of amides is 1. The molecule has 0 bridgehead atoms. The van der Waals surface area contributed by atoms with Crippen LogP contribution in [-0.2, 0) is 17.8 Å². The van der Waals surface area contributed by atoms with Crippen molar-refractivity contribution in [2.75, 3.05) is 6.54 Å². The Kier molecular flexibility index (Phi) is 6.82. The number of carbonyl (C=O) groups is 1. The number of para-hydroxylation sites is 2. The number of aryl methyl sites for hydroxylation is 1. The van der Waals surface area contributed by atoms with Gasteiger partial charge in [-0.05, 0) is 30.2 Å². The van der Waals surface area contributed by atoms with E-state index in [0.717, 1.165) is 29.4 Å². The van der Waals surface area contributed by atoms with E-state index in [0.29, 0.717) is 30.2 Å². The molecule has 28 heavy (non-hydrogen) atoms. The maximum atomic E-state index is 13.1. The molecule has 0 atom stereocenters. The summed E-state index contributed by atoms with van der Waals surface area (Å²) < 4.78 is 1.69. The first-order chi connectivity index (χ1) is 13.6. The van der Waals surface area contributed by atoms with E-state index in [9.17, 15) is 9.59 Å². The first kappa shape index (κ1) is 20.1. The topological polar surface area (TPSA) is 64.0 Å². The molecule has 0 aliphatic rings. The van der Waals surface area contributed by atoms with Crippen LogP contribution in [0.3, 0.4) is 0 Å². The molecule has 5 nitrogen and oxygen atoms in total. The molecule has 1 amide bonds. The van der Waals surface area contributed by atoms with Crippen molar-refractivity contribution in [3.8, 4) is 0 Å². The maximum Gasteiger partial charge on any atom is 0.273 e. The molecule has 1 N–H and O–H groups in total. The van der Waals surface area contributed by atoms with Crippen molar-refractivity contribution in [3.63, 3.8) is 0 Å². The summed E-state index contributed by atoms with van der Waals surface area (Å²) >= 11 is 6.30. The van der Waals surface area contributed by atoms with Gasteiger partial charge in [0.2, 0.25) is 5.91 Å². The van der Waals surface area contributed by atoms with E-state index in [4.69, 9.17) is 11.6 Å². The van der Waals surface area contributed by atoms with Gasteiger partial charge in [0.05, 0.1) is 17.6 Å². The van der Waals surface area contributed by atoms with Gasteiger partial charge in [-0.2, -0.15) is 0 Å². The zero-order chi connectivity index (χ0) is 19.9. The van der Waals surface area contributed by atoms with Crippen molar-refractivity contribution in [2.45, 2.75) is 39.2 Å². The largest absolute Gasteiger partial charge is 0.356 e. The predicted octanol–water partition coefficient (Wildman–Crippen LogP) is 3.95. The minimum Gasteiger partial charge on any atom is -0.356 e. The molecule has 0 aliphatic heterocycles. The van der Waals surface area contributed by atoms with Gasteiger partial charge >= 0.3 is 0 Å². The molecule has 3 aromatic rings. The van der Waals surface area contributed by atoms with Crippen LogP contribution in [0.2, 0.25) is 5.02 Å². The molecule has 146 valence electrons. The van der Waals surface area contributed by atoms with Crippen molar-refractivity contribution in [1.29, 1.82) is 0 Å². The summed E-state index contributed by atoms with van der Waals surface area (Å²) in [5.74, 6) is -0.0551. The Bertz CT molecular complexity index is 1030. The second-order valence-electron chi connectivity index (χ2n) is 6.73. The molecule has 0 spiro atoms. The summed E-state index contributed by atoms with van der Waals surface area (Å²) in [7, 11) is 0. The molecule has 0 unspecified atom stereocenters. The van der Waals surface area contributed by atoms with Gasteiger partial charge in [-0.25, -0.2) is 4.98 Å². The number of benzene rings is 2. The molecular formula is C22H24ClN3O2. The molecule has 1 heterocycles. The van der Waals surface area contributed by atoms with E-state index in [1.54, 1.807) is 4.57 Å². The highest BCUT2D eigenvalue weighted by Gasteiger charge is 2.13. The number of nitrogens with one attached hydrogen (secondary N) is 1. The van der Waals surface area contributed by atoms with E-state index >= 15 is 0 Å². The zero-order valence-electron chi connectivity index (χ0n) is 16.0. The summed E-state index contributed by atoms with van der Waals surface area (Å²) in [6, 6.07) is 15.0. The fourth-order valence-corrected chi connectivity index (χ4v) is 3.28. The van der Waals surface area contributed by atoms with Gasteiger partial charge in [0, 0.05) is 24.4 Å². The number of rotatable bonds is 8. The minimum absolute atomic E-state index is 0.0551. The quantitative estimate of drug-likeness (QED) is 0.585. The molecule has 0 saturated carbocycles. The summed E-state index contributed by atoms with van der Waals surface area (Å²) in [4.78, 5) is 29.6. The third-order valence-electron chi connectivity index (χ3n) is 4.65. The Labute approximate surface area is 169 Å². The first-order valence-electron chi connectivity index (χ1n) is 9.58. The molecular weight excluding hydrogens is 374 g/mol. The van der Waals surface area contributed by atoms with Crippen LogP contribution in [0, 0.1) is 0 Å². The van der Waals surface area contributed by atoms with Crippen molar-refractivity contribution < 1.29 is 4.79 Å². The number of fused-ring (bicyclic) bond motifs is 1. The molecule has 2 aromatic carbocycles. The van der Waals surface area contributed by atoms with Gasteiger partial charge in [-0.3, -0.25) is 9.59 Å². The Morgan fingerprint density at radius 1 is 1.14 bits per heavy atom. The van der Waals surface area contributed by atoms with Gasteiger partial charge in [0.15, 0.2) is 0 Å². The second-order valence-corrected chi connectivity index (χ2v) is 7.14. The Hall–Kier alpha value is -2.66. The lowest BCUT2D eigenvalue weighted by molar-refractivity contribution is -0.121. The summed E-state index contributed by atoms with van der Waals surface area (Å²) in [6.45, 7) is 3.10. The number of nitrogens with zero attached hydrogens (tertiary/aromatic N) is 2. The van der Waals surface area contributed by atoms with Gasteiger partial charge in [-0.1, -0.05) is 55.3 Å². The van der Waals surface area contributed by atoms with Crippen LogP contribution in [-0.4, -0.2) is 22.0 Å². The number of carbonyl (C=O) groups excluding carboxylic acids is 1. The van der Waals surface area contributed by atoms with E-state index in [1.807, 2.05) is 48.5 Å². The highest BCUT2D eigenvalue weighted by molar-refractivity contribution is 6.31. The molecule has 0 aliphatic carbocycles. The third-order valence-corrected chi connectivity index (χ3v) is 5.02. The van der Waals surface area contributed by atoms with Crippen molar-refractivity contribution >= 4 is 28.5 Å². The summed E-state index contributed by atoms with van der Waals surface area (Å²) in [5, 5.41) is 3.50. The van der Waals surface area contributed by atoms with Gasteiger partial charge in [0.25, 0.3) is 5.56 Å². The van der Waals surface area contributed by atoms with Crippen LogP contribution >= 0.6 is 11.6 Å². The predicted molar refractivity (Wildman–Crippen MR) is 113 cm³/mol. The fraction of sp³-hybridized carbons (Fsp3) is 0.318. The number of hydrogen-bond donors (Lipinski definition) is 1. The van der Waals surface area contributed by atoms with Crippen molar-refractivity contribution in [2.24, 2.45) is 0 Å². The van der Waals surface area contributed by atoms with Crippen LogP contribution in [0.5, 0.6) is 0 Å². The highest BCUT2D eigenvalue weighted by Crippen LogP contribution is 2.18. The smallest absolute Gasteiger partial charge is 0.273 e. The average Bonchev–Trinajstić information content (AvgIpc) is 2.70. The van der Waals surface area contributed by atoms with E-state index < -0.39 is 0 Å². The normalized spacial score (nSPS) is 10.9. The van der Waals surface area contributed by atoms with Gasteiger partial charge in [-0.15, -0.1) is 0 Å². The Balaban J connectivity index is 1.90. The SMILES string of the molecule is CCCCNC(=O)CCc1nc2ccccc2n(Cc2ccccc2Cl)c1=O. The molecule has 0 fully saturated rings. The fourth-order valence-electron chi connectivity index (χ4n) is 3.09. The van der Waals surface area contributed by atoms with Crippen LogP contribution in [0.15, 0.2) is 53.3 Å². The summed E-state index contributed by atoms with van der Waals surface area (Å²) in [6.07, 6.45) is 2.53. The maximum absolute atomic E-state index is 13.1. The molecule has 1 aromatic heterocycles. The van der Waals surface area contributed by atoms with Crippen LogP contribution in [0.4, 0.5) is 0 Å². The lowest BCUT2D eigenvalue weighted by atomic mass is 10.1. The van der Waals surface area contributed by atoms with Crippen LogP contribution in [0.1, 0.15) is 37.4 Å². The van der Waals surface area contributed by atoms with Gasteiger partial charge < -0.3 is 9.88 Å². The van der Waals surface area contributed by atoms with Gasteiger partial charge in [0.1, 0.15) is 5.69 Å². The molecule has 3 rings (SSSR count). The van der Waals surface area contributed by atoms with Crippen molar-refractivity contribution in [1.82, 2.24) is 14.9 Å². The van der Waals surface area contributed by atoms with Crippen LogP contribution < -0.4 is 10.9 Å². The zero-order valence-corrected chi connectivity index (χ0v) is 16.7. The minimum atomic E-state index is -0.181. The highest BCUT2D eigenvalue weighted by atomic mass is 35.5.